The summed E-state index contributed by atoms with van der Waals surface area (Å²) in [5.74, 6) is 0. The predicted molar refractivity (Wildman–Crippen MR) is 51.1 cm³/mol. The Labute approximate surface area is 77.9 Å². The van der Waals surface area contributed by atoms with Crippen molar-refractivity contribution >= 4 is 6.03 Å². The molecule has 2 rings (SSSR count). The maximum atomic E-state index is 11.1. The van der Waals surface area contributed by atoms with Gasteiger partial charge in [-0.2, -0.15) is 0 Å². The van der Waals surface area contributed by atoms with Crippen LogP contribution in [0.4, 0.5) is 4.79 Å². The summed E-state index contributed by atoms with van der Waals surface area (Å²) in [6, 6.07) is -0.0838. The quantitative estimate of drug-likeness (QED) is 0.630. The zero-order valence-electron chi connectivity index (χ0n) is 7.98. The fourth-order valence-electron chi connectivity index (χ4n) is 1.79. The number of hydrogen-bond donors (Lipinski definition) is 2. The molecule has 0 aromatic heterocycles. The van der Waals surface area contributed by atoms with Crippen LogP contribution in [0.3, 0.4) is 0 Å². The molecule has 3 heteroatoms. The van der Waals surface area contributed by atoms with Crippen molar-refractivity contribution in [3.8, 4) is 0 Å². The molecule has 1 unspecified atom stereocenters. The minimum atomic E-state index is -0.185. The molecule has 0 aromatic rings. The molecule has 2 N–H and O–H groups in total. The first kappa shape index (κ1) is 8.35. The Balaban J connectivity index is 2.31. The highest BCUT2D eigenvalue weighted by Gasteiger charge is 2.38. The number of fused-ring (bicyclic) bond motifs is 1. The molecule has 1 fully saturated rings. The lowest BCUT2D eigenvalue weighted by Gasteiger charge is -2.26. The monoisotopic (exact) mass is 178 g/mol. The van der Waals surface area contributed by atoms with Gasteiger partial charge in [-0.1, -0.05) is 18.6 Å². The summed E-state index contributed by atoms with van der Waals surface area (Å²) in [4.78, 5) is 11.1. The third kappa shape index (κ3) is 1.24. The lowest BCUT2D eigenvalue weighted by molar-refractivity contribution is 0.245. The van der Waals surface area contributed by atoms with Crippen LogP contribution in [-0.4, -0.2) is 11.6 Å². The third-order valence-electron chi connectivity index (χ3n) is 2.74. The van der Waals surface area contributed by atoms with Crippen LogP contribution in [0.2, 0.25) is 0 Å². The van der Waals surface area contributed by atoms with Gasteiger partial charge < -0.3 is 10.6 Å². The molecular weight excluding hydrogens is 164 g/mol. The smallest absolute Gasteiger partial charge is 0.319 e. The van der Waals surface area contributed by atoms with Crippen molar-refractivity contribution in [1.29, 1.82) is 0 Å². The van der Waals surface area contributed by atoms with Gasteiger partial charge in [0.05, 0.1) is 5.54 Å². The van der Waals surface area contributed by atoms with Crippen molar-refractivity contribution in [3.63, 3.8) is 0 Å². The highest BCUT2D eigenvalue weighted by molar-refractivity contribution is 5.82. The highest BCUT2D eigenvalue weighted by Crippen LogP contribution is 2.30. The molecule has 0 radical (unpaired) electrons. The molecule has 2 amide bonds. The van der Waals surface area contributed by atoms with Gasteiger partial charge in [0.25, 0.3) is 0 Å². The normalized spacial score (nSPS) is 31.4. The van der Waals surface area contributed by atoms with Gasteiger partial charge in [0, 0.05) is 5.70 Å². The molecule has 3 nitrogen and oxygen atoms in total. The molecule has 0 bridgehead atoms. The number of amides is 2. The van der Waals surface area contributed by atoms with Crippen LogP contribution < -0.4 is 10.6 Å². The van der Waals surface area contributed by atoms with Gasteiger partial charge in [-0.25, -0.2) is 4.79 Å². The van der Waals surface area contributed by atoms with Crippen molar-refractivity contribution in [2.75, 3.05) is 0 Å². The Hall–Kier alpha value is -1.25. The SMILES string of the molecule is CCC1=CCC2(C)NC(=O)NC2=C1. The van der Waals surface area contributed by atoms with Gasteiger partial charge in [-0.05, 0) is 25.8 Å². The Morgan fingerprint density at radius 3 is 3.08 bits per heavy atom. The van der Waals surface area contributed by atoms with Gasteiger partial charge in [0.1, 0.15) is 0 Å². The fourth-order valence-corrected chi connectivity index (χ4v) is 1.79. The second kappa shape index (κ2) is 2.62. The predicted octanol–water partition coefficient (Wildman–Crippen LogP) is 1.68. The van der Waals surface area contributed by atoms with Crippen molar-refractivity contribution in [2.45, 2.75) is 32.2 Å². The van der Waals surface area contributed by atoms with Crippen molar-refractivity contribution in [2.24, 2.45) is 0 Å². The van der Waals surface area contributed by atoms with E-state index in [-0.39, 0.29) is 11.6 Å². The fraction of sp³-hybridized carbons (Fsp3) is 0.500. The number of hydrogen-bond acceptors (Lipinski definition) is 1. The van der Waals surface area contributed by atoms with Crippen LogP contribution in [0.25, 0.3) is 0 Å². The van der Waals surface area contributed by atoms with E-state index >= 15 is 0 Å². The summed E-state index contributed by atoms with van der Waals surface area (Å²) < 4.78 is 0. The molecule has 13 heavy (non-hydrogen) atoms. The van der Waals surface area contributed by atoms with Crippen LogP contribution in [0.1, 0.15) is 26.7 Å². The molecule has 1 aliphatic carbocycles. The number of allylic oxidation sites excluding steroid dienone is 2. The summed E-state index contributed by atoms with van der Waals surface area (Å²) in [6.07, 6.45) is 6.17. The zero-order valence-corrected chi connectivity index (χ0v) is 7.98. The first-order valence-corrected chi connectivity index (χ1v) is 4.64. The van der Waals surface area contributed by atoms with Gasteiger partial charge in [-0.15, -0.1) is 0 Å². The van der Waals surface area contributed by atoms with E-state index in [1.165, 1.54) is 5.57 Å². The molecule has 1 saturated heterocycles. The molecule has 0 saturated carbocycles. The van der Waals surface area contributed by atoms with E-state index in [0.717, 1.165) is 18.5 Å². The number of urea groups is 1. The van der Waals surface area contributed by atoms with Crippen LogP contribution >= 0.6 is 0 Å². The van der Waals surface area contributed by atoms with E-state index in [0.29, 0.717) is 0 Å². The Kier molecular flexibility index (Phi) is 1.68. The lowest BCUT2D eigenvalue weighted by atomic mass is 9.87. The Bertz CT molecular complexity index is 317. The van der Waals surface area contributed by atoms with E-state index in [1.54, 1.807) is 0 Å². The largest absolute Gasteiger partial charge is 0.327 e. The molecule has 0 spiro atoms. The maximum absolute atomic E-state index is 11.1. The number of rotatable bonds is 1. The summed E-state index contributed by atoms with van der Waals surface area (Å²) in [6.45, 7) is 4.16. The summed E-state index contributed by atoms with van der Waals surface area (Å²) in [5, 5.41) is 5.74. The minimum Gasteiger partial charge on any atom is -0.327 e. The van der Waals surface area contributed by atoms with Gasteiger partial charge >= 0.3 is 6.03 Å². The van der Waals surface area contributed by atoms with Crippen LogP contribution in [0.15, 0.2) is 23.4 Å². The second-order valence-electron chi connectivity index (χ2n) is 3.81. The molecule has 1 heterocycles. The third-order valence-corrected chi connectivity index (χ3v) is 2.74. The Morgan fingerprint density at radius 1 is 1.62 bits per heavy atom. The minimum absolute atomic E-state index is 0.0838. The molecular formula is C10H14N2O. The van der Waals surface area contributed by atoms with Crippen molar-refractivity contribution in [1.82, 2.24) is 10.6 Å². The van der Waals surface area contributed by atoms with Crippen molar-refractivity contribution < 1.29 is 4.79 Å². The first-order chi connectivity index (χ1) is 6.14. The Morgan fingerprint density at radius 2 is 2.38 bits per heavy atom. The van der Waals surface area contributed by atoms with Crippen LogP contribution in [0, 0.1) is 0 Å². The van der Waals surface area contributed by atoms with E-state index in [9.17, 15) is 4.79 Å². The number of carbonyl (C=O) groups is 1. The molecule has 1 aliphatic heterocycles. The first-order valence-electron chi connectivity index (χ1n) is 4.64. The highest BCUT2D eigenvalue weighted by atomic mass is 16.2. The summed E-state index contributed by atoms with van der Waals surface area (Å²) in [7, 11) is 0. The van der Waals surface area contributed by atoms with E-state index in [2.05, 4.69) is 29.7 Å². The molecule has 70 valence electrons. The average molecular weight is 178 g/mol. The van der Waals surface area contributed by atoms with E-state index < -0.39 is 0 Å². The van der Waals surface area contributed by atoms with Crippen LogP contribution in [0.5, 0.6) is 0 Å². The summed E-state index contributed by atoms with van der Waals surface area (Å²) in [5.41, 5.74) is 2.13. The van der Waals surface area contributed by atoms with Gasteiger partial charge in [-0.3, -0.25) is 0 Å². The maximum Gasteiger partial charge on any atom is 0.319 e. The average Bonchev–Trinajstić information content (AvgIpc) is 2.37. The van der Waals surface area contributed by atoms with Gasteiger partial charge in [0.2, 0.25) is 0 Å². The zero-order chi connectivity index (χ0) is 9.47. The number of carbonyl (C=O) groups excluding carboxylic acids is 1. The van der Waals surface area contributed by atoms with Crippen LogP contribution in [-0.2, 0) is 0 Å². The molecule has 0 aromatic carbocycles. The number of nitrogens with one attached hydrogen (secondary N) is 2. The van der Waals surface area contributed by atoms with Gasteiger partial charge in [0.15, 0.2) is 0 Å². The van der Waals surface area contributed by atoms with Crippen molar-refractivity contribution in [3.05, 3.63) is 23.4 Å². The molecule has 2 aliphatic rings. The standard InChI is InChI=1S/C10H14N2O/c1-3-7-4-5-10(2)8(6-7)11-9(13)12-10/h4,6H,3,5H2,1-2H3,(H2,11,12,13). The lowest BCUT2D eigenvalue weighted by Crippen LogP contribution is -2.39. The van der Waals surface area contributed by atoms with E-state index in [1.807, 2.05) is 6.92 Å². The summed E-state index contributed by atoms with van der Waals surface area (Å²) >= 11 is 0. The molecule has 1 atom stereocenters. The topological polar surface area (TPSA) is 41.1 Å². The van der Waals surface area contributed by atoms with E-state index in [4.69, 9.17) is 0 Å². The second-order valence-corrected chi connectivity index (χ2v) is 3.81.